The normalized spacial score (nSPS) is 14.2. The first-order valence-electron chi connectivity index (χ1n) is 5.91. The standard InChI is InChI=1S/C12H15N3O4/c16-6-7-19-12(18)14-9-2-1-3-10(8-9)15-5-4-13-11(15)17/h1-3,8,16H,4-7H2,(H,13,17)(H,14,18). The van der Waals surface area contributed by atoms with Gasteiger partial charge in [-0.2, -0.15) is 0 Å². The zero-order valence-corrected chi connectivity index (χ0v) is 10.3. The van der Waals surface area contributed by atoms with Gasteiger partial charge in [-0.3, -0.25) is 10.2 Å². The number of aliphatic hydroxyl groups excluding tert-OH is 1. The molecule has 0 spiro atoms. The molecular weight excluding hydrogens is 250 g/mol. The Labute approximate surface area is 110 Å². The summed E-state index contributed by atoms with van der Waals surface area (Å²) in [6.45, 7) is 0.924. The van der Waals surface area contributed by atoms with Crippen molar-refractivity contribution >= 4 is 23.5 Å². The predicted molar refractivity (Wildman–Crippen MR) is 69.2 cm³/mol. The topological polar surface area (TPSA) is 90.9 Å². The minimum atomic E-state index is -0.642. The highest BCUT2D eigenvalue weighted by atomic mass is 16.6. The van der Waals surface area contributed by atoms with Crippen LogP contribution in [0, 0.1) is 0 Å². The van der Waals surface area contributed by atoms with E-state index in [9.17, 15) is 9.59 Å². The maximum Gasteiger partial charge on any atom is 0.411 e. The molecule has 0 radical (unpaired) electrons. The summed E-state index contributed by atoms with van der Waals surface area (Å²) in [4.78, 5) is 24.4. The average molecular weight is 265 g/mol. The Kier molecular flexibility index (Phi) is 4.19. The van der Waals surface area contributed by atoms with Gasteiger partial charge >= 0.3 is 12.1 Å². The Hall–Kier alpha value is -2.28. The number of urea groups is 1. The molecule has 0 aliphatic carbocycles. The highest BCUT2D eigenvalue weighted by Gasteiger charge is 2.21. The summed E-state index contributed by atoms with van der Waals surface area (Å²) in [5.41, 5.74) is 1.23. The third kappa shape index (κ3) is 3.35. The lowest BCUT2D eigenvalue weighted by molar-refractivity contribution is 0.131. The number of benzene rings is 1. The van der Waals surface area contributed by atoms with Crippen LogP contribution in [0.1, 0.15) is 0 Å². The molecule has 1 aromatic rings. The molecule has 0 unspecified atom stereocenters. The van der Waals surface area contributed by atoms with Gasteiger partial charge in [-0.05, 0) is 18.2 Å². The van der Waals surface area contributed by atoms with E-state index in [2.05, 4.69) is 15.4 Å². The summed E-state index contributed by atoms with van der Waals surface area (Å²) < 4.78 is 4.69. The predicted octanol–water partition coefficient (Wildman–Crippen LogP) is 0.757. The van der Waals surface area contributed by atoms with Gasteiger partial charge in [0.05, 0.1) is 6.61 Å². The number of rotatable bonds is 4. The first-order valence-corrected chi connectivity index (χ1v) is 5.91. The molecule has 1 saturated heterocycles. The van der Waals surface area contributed by atoms with Gasteiger partial charge in [0.1, 0.15) is 6.61 Å². The molecule has 0 atom stereocenters. The fourth-order valence-corrected chi connectivity index (χ4v) is 1.76. The minimum absolute atomic E-state index is 0.0555. The molecule has 7 nitrogen and oxygen atoms in total. The van der Waals surface area contributed by atoms with E-state index >= 15 is 0 Å². The summed E-state index contributed by atoms with van der Waals surface area (Å²) in [6.07, 6.45) is -0.642. The summed E-state index contributed by atoms with van der Waals surface area (Å²) in [5, 5.41) is 13.8. The van der Waals surface area contributed by atoms with Crippen molar-refractivity contribution in [2.75, 3.05) is 36.5 Å². The van der Waals surface area contributed by atoms with Gasteiger partial charge in [0.15, 0.2) is 0 Å². The smallest absolute Gasteiger partial charge is 0.411 e. The number of nitrogens with one attached hydrogen (secondary N) is 2. The highest BCUT2D eigenvalue weighted by Crippen LogP contribution is 2.21. The Morgan fingerprint density at radius 3 is 3.05 bits per heavy atom. The Morgan fingerprint density at radius 1 is 1.53 bits per heavy atom. The fraction of sp³-hybridized carbons (Fsp3) is 0.333. The maximum absolute atomic E-state index is 11.5. The number of carbonyl (C=O) groups is 2. The van der Waals surface area contributed by atoms with Crippen LogP contribution in [0.15, 0.2) is 24.3 Å². The molecule has 1 aliphatic rings. The lowest BCUT2D eigenvalue weighted by atomic mass is 10.2. The van der Waals surface area contributed by atoms with E-state index in [0.717, 1.165) is 0 Å². The van der Waals surface area contributed by atoms with Crippen LogP contribution in [0.25, 0.3) is 0 Å². The molecule has 1 heterocycles. The molecule has 3 amide bonds. The van der Waals surface area contributed by atoms with E-state index in [0.29, 0.717) is 24.5 Å². The van der Waals surface area contributed by atoms with Crippen LogP contribution in [0.3, 0.4) is 0 Å². The molecule has 0 bridgehead atoms. The third-order valence-electron chi connectivity index (χ3n) is 2.59. The molecule has 102 valence electrons. The molecular formula is C12H15N3O4. The second-order valence-corrected chi connectivity index (χ2v) is 3.92. The second kappa shape index (κ2) is 6.05. The summed E-state index contributed by atoms with van der Waals surface area (Å²) in [7, 11) is 0. The van der Waals surface area contributed by atoms with Gasteiger partial charge in [0.2, 0.25) is 0 Å². The molecule has 1 aliphatic heterocycles. The minimum Gasteiger partial charge on any atom is -0.447 e. The van der Waals surface area contributed by atoms with Crippen LogP contribution >= 0.6 is 0 Å². The van der Waals surface area contributed by atoms with Gasteiger partial charge in [-0.1, -0.05) is 6.07 Å². The lowest BCUT2D eigenvalue weighted by Crippen LogP contribution is -2.27. The third-order valence-corrected chi connectivity index (χ3v) is 2.59. The lowest BCUT2D eigenvalue weighted by Gasteiger charge is -2.15. The van der Waals surface area contributed by atoms with Crippen LogP contribution in [0.2, 0.25) is 0 Å². The number of nitrogens with zero attached hydrogens (tertiary/aromatic N) is 1. The van der Waals surface area contributed by atoms with Crippen molar-refractivity contribution in [3.63, 3.8) is 0 Å². The number of hydrogen-bond acceptors (Lipinski definition) is 4. The zero-order valence-electron chi connectivity index (χ0n) is 10.3. The van der Waals surface area contributed by atoms with Gasteiger partial charge < -0.3 is 15.2 Å². The van der Waals surface area contributed by atoms with E-state index < -0.39 is 6.09 Å². The number of aliphatic hydroxyl groups is 1. The molecule has 7 heteroatoms. The molecule has 19 heavy (non-hydrogen) atoms. The number of hydrogen-bond donors (Lipinski definition) is 3. The van der Waals surface area contributed by atoms with Gasteiger partial charge in [-0.25, -0.2) is 9.59 Å². The number of anilines is 2. The van der Waals surface area contributed by atoms with Gasteiger partial charge in [0, 0.05) is 24.5 Å². The van der Waals surface area contributed by atoms with E-state index in [-0.39, 0.29) is 19.2 Å². The second-order valence-electron chi connectivity index (χ2n) is 3.92. The van der Waals surface area contributed by atoms with E-state index in [4.69, 9.17) is 5.11 Å². The zero-order chi connectivity index (χ0) is 13.7. The van der Waals surface area contributed by atoms with Crippen molar-refractivity contribution in [1.29, 1.82) is 0 Å². The van der Waals surface area contributed by atoms with Crippen LogP contribution in [-0.4, -0.2) is 43.5 Å². The van der Waals surface area contributed by atoms with E-state index in [1.54, 1.807) is 29.2 Å². The van der Waals surface area contributed by atoms with Crippen molar-refractivity contribution in [2.45, 2.75) is 0 Å². The highest BCUT2D eigenvalue weighted by molar-refractivity contribution is 5.95. The Bertz CT molecular complexity index is 478. The Morgan fingerprint density at radius 2 is 2.37 bits per heavy atom. The SMILES string of the molecule is O=C(Nc1cccc(N2CCNC2=O)c1)OCCO. The molecule has 1 aromatic carbocycles. The van der Waals surface area contributed by atoms with Crippen LogP contribution in [0.4, 0.5) is 21.0 Å². The number of carbonyl (C=O) groups excluding carboxylic acids is 2. The molecule has 0 aromatic heterocycles. The molecule has 0 saturated carbocycles. The largest absolute Gasteiger partial charge is 0.447 e. The quantitative estimate of drug-likeness (QED) is 0.749. The average Bonchev–Trinajstić information content (AvgIpc) is 2.83. The van der Waals surface area contributed by atoms with Crippen molar-refractivity contribution < 1.29 is 19.4 Å². The van der Waals surface area contributed by atoms with Crippen LogP contribution in [0.5, 0.6) is 0 Å². The van der Waals surface area contributed by atoms with Crippen LogP contribution < -0.4 is 15.5 Å². The van der Waals surface area contributed by atoms with Crippen molar-refractivity contribution in [3.8, 4) is 0 Å². The fourth-order valence-electron chi connectivity index (χ4n) is 1.76. The van der Waals surface area contributed by atoms with E-state index in [1.807, 2.05) is 0 Å². The van der Waals surface area contributed by atoms with Crippen molar-refractivity contribution in [2.24, 2.45) is 0 Å². The van der Waals surface area contributed by atoms with Gasteiger partial charge in [0.25, 0.3) is 0 Å². The summed E-state index contributed by atoms with van der Waals surface area (Å²) >= 11 is 0. The Balaban J connectivity index is 2.02. The molecule has 2 rings (SSSR count). The first kappa shape index (κ1) is 13.2. The monoisotopic (exact) mass is 265 g/mol. The van der Waals surface area contributed by atoms with Crippen LogP contribution in [-0.2, 0) is 4.74 Å². The number of ether oxygens (including phenoxy) is 1. The molecule has 3 N–H and O–H groups in total. The number of amides is 3. The van der Waals surface area contributed by atoms with Crippen molar-refractivity contribution in [1.82, 2.24) is 5.32 Å². The van der Waals surface area contributed by atoms with Crippen molar-refractivity contribution in [3.05, 3.63) is 24.3 Å². The van der Waals surface area contributed by atoms with Gasteiger partial charge in [-0.15, -0.1) is 0 Å². The maximum atomic E-state index is 11.5. The van der Waals surface area contributed by atoms with E-state index in [1.165, 1.54) is 0 Å². The summed E-state index contributed by atoms with van der Waals surface area (Å²) in [5.74, 6) is 0. The first-order chi connectivity index (χ1) is 9.20. The summed E-state index contributed by atoms with van der Waals surface area (Å²) in [6, 6.07) is 6.75. The molecule has 1 fully saturated rings.